The molecule has 3 heterocycles. The average Bonchev–Trinajstić information content (AvgIpc) is 2.62. The fraction of sp³-hybridized carbons (Fsp3) is 0.588. The van der Waals surface area contributed by atoms with E-state index < -0.39 is 0 Å². The highest BCUT2D eigenvalue weighted by atomic mass is 32.2. The van der Waals surface area contributed by atoms with Crippen molar-refractivity contribution in [1.29, 1.82) is 0 Å². The zero-order valence-corrected chi connectivity index (χ0v) is 14.1. The van der Waals surface area contributed by atoms with E-state index in [1.807, 2.05) is 39.8 Å². The largest absolute Gasteiger partial charge is 0.342 e. The molecule has 1 atom stereocenters. The van der Waals surface area contributed by atoms with Crippen molar-refractivity contribution in [3.05, 3.63) is 30.1 Å². The van der Waals surface area contributed by atoms with Gasteiger partial charge in [0.05, 0.1) is 5.92 Å². The summed E-state index contributed by atoms with van der Waals surface area (Å²) in [7, 11) is 0. The number of rotatable bonds is 4. The van der Waals surface area contributed by atoms with Gasteiger partial charge in [-0.25, -0.2) is 0 Å². The Kier molecular flexibility index (Phi) is 5.54. The molecule has 2 saturated heterocycles. The SMILES string of the molecule is O=C1CCC(C(=O)N2CCSCC2)CN1CCc1ccccn1. The summed E-state index contributed by atoms with van der Waals surface area (Å²) in [6.45, 7) is 2.91. The van der Waals surface area contributed by atoms with E-state index in [0.717, 1.165) is 36.7 Å². The molecule has 0 aliphatic carbocycles. The molecule has 0 radical (unpaired) electrons. The van der Waals surface area contributed by atoms with Crippen LogP contribution in [-0.2, 0) is 16.0 Å². The first-order valence-electron chi connectivity index (χ1n) is 8.28. The molecule has 5 nitrogen and oxygen atoms in total. The van der Waals surface area contributed by atoms with Gasteiger partial charge in [-0.1, -0.05) is 6.07 Å². The highest BCUT2D eigenvalue weighted by molar-refractivity contribution is 7.99. The lowest BCUT2D eigenvalue weighted by Gasteiger charge is -2.36. The minimum absolute atomic E-state index is 0.0282. The molecule has 23 heavy (non-hydrogen) atoms. The van der Waals surface area contributed by atoms with Gasteiger partial charge < -0.3 is 9.80 Å². The predicted octanol–water partition coefficient (Wildman–Crippen LogP) is 1.44. The minimum atomic E-state index is -0.0282. The Labute approximate surface area is 141 Å². The molecule has 1 aromatic rings. The molecule has 0 spiro atoms. The van der Waals surface area contributed by atoms with Gasteiger partial charge in [0.2, 0.25) is 11.8 Å². The van der Waals surface area contributed by atoms with Gasteiger partial charge in [0.25, 0.3) is 0 Å². The van der Waals surface area contributed by atoms with Crippen molar-refractivity contribution in [2.45, 2.75) is 19.3 Å². The summed E-state index contributed by atoms with van der Waals surface area (Å²) >= 11 is 1.90. The van der Waals surface area contributed by atoms with Gasteiger partial charge in [-0.2, -0.15) is 11.8 Å². The molecule has 2 amide bonds. The van der Waals surface area contributed by atoms with Crippen molar-refractivity contribution in [3.63, 3.8) is 0 Å². The van der Waals surface area contributed by atoms with Crippen LogP contribution >= 0.6 is 11.8 Å². The van der Waals surface area contributed by atoms with Gasteiger partial charge in [0, 0.05) is 62.4 Å². The average molecular weight is 333 g/mol. The summed E-state index contributed by atoms with van der Waals surface area (Å²) in [5.41, 5.74) is 0.988. The van der Waals surface area contributed by atoms with E-state index in [0.29, 0.717) is 25.9 Å². The minimum Gasteiger partial charge on any atom is -0.342 e. The quantitative estimate of drug-likeness (QED) is 0.837. The molecule has 2 aliphatic heterocycles. The van der Waals surface area contributed by atoms with Gasteiger partial charge in [0.15, 0.2) is 0 Å². The lowest BCUT2D eigenvalue weighted by Crippen LogP contribution is -2.49. The molecule has 2 aliphatic rings. The van der Waals surface area contributed by atoms with Crippen molar-refractivity contribution < 1.29 is 9.59 Å². The molecule has 1 unspecified atom stereocenters. The Hall–Kier alpha value is -1.56. The molecular weight excluding hydrogens is 310 g/mol. The van der Waals surface area contributed by atoms with Crippen LogP contribution in [0.15, 0.2) is 24.4 Å². The number of pyridine rings is 1. The molecule has 124 valence electrons. The van der Waals surface area contributed by atoms with E-state index >= 15 is 0 Å². The van der Waals surface area contributed by atoms with Gasteiger partial charge in [-0.15, -0.1) is 0 Å². The number of aromatic nitrogens is 1. The summed E-state index contributed by atoms with van der Waals surface area (Å²) in [4.78, 5) is 32.9. The molecule has 2 fully saturated rings. The number of carbonyl (C=O) groups is 2. The second-order valence-corrected chi connectivity index (χ2v) is 7.31. The van der Waals surface area contributed by atoms with Crippen LogP contribution in [0.1, 0.15) is 18.5 Å². The number of hydrogen-bond donors (Lipinski definition) is 0. The number of piperidine rings is 1. The molecule has 6 heteroatoms. The Morgan fingerprint density at radius 1 is 1.30 bits per heavy atom. The van der Waals surface area contributed by atoms with Crippen molar-refractivity contribution in [2.24, 2.45) is 5.92 Å². The Morgan fingerprint density at radius 2 is 2.13 bits per heavy atom. The molecule has 3 rings (SSSR count). The van der Waals surface area contributed by atoms with Gasteiger partial charge in [-0.3, -0.25) is 14.6 Å². The first-order valence-corrected chi connectivity index (χ1v) is 9.44. The molecule has 0 N–H and O–H groups in total. The fourth-order valence-corrected chi connectivity index (χ4v) is 4.07. The van der Waals surface area contributed by atoms with Crippen LogP contribution in [0.3, 0.4) is 0 Å². The highest BCUT2D eigenvalue weighted by Crippen LogP contribution is 2.22. The van der Waals surface area contributed by atoms with Crippen molar-refractivity contribution in [1.82, 2.24) is 14.8 Å². The summed E-state index contributed by atoms with van der Waals surface area (Å²) in [6, 6.07) is 5.82. The van der Waals surface area contributed by atoms with Crippen LogP contribution < -0.4 is 0 Å². The third-order valence-corrected chi connectivity index (χ3v) is 5.48. The molecule has 0 saturated carbocycles. The standard InChI is InChI=1S/C17H23N3O2S/c21-16-5-4-14(17(22)19-9-11-23-12-10-19)13-20(16)8-6-15-3-1-2-7-18-15/h1-3,7,14H,4-6,8-13H2. The highest BCUT2D eigenvalue weighted by Gasteiger charge is 2.32. The maximum absolute atomic E-state index is 12.6. The second kappa shape index (κ2) is 7.81. The van der Waals surface area contributed by atoms with Crippen LogP contribution in [0.2, 0.25) is 0 Å². The molecule has 0 bridgehead atoms. The van der Waals surface area contributed by atoms with Gasteiger partial charge in [0.1, 0.15) is 0 Å². The van der Waals surface area contributed by atoms with Crippen molar-refractivity contribution in [3.8, 4) is 0 Å². The normalized spacial score (nSPS) is 22.3. The predicted molar refractivity (Wildman–Crippen MR) is 91.2 cm³/mol. The lowest BCUT2D eigenvalue weighted by atomic mass is 9.95. The number of nitrogens with zero attached hydrogens (tertiary/aromatic N) is 3. The third kappa shape index (κ3) is 4.25. The van der Waals surface area contributed by atoms with Crippen molar-refractivity contribution >= 4 is 23.6 Å². The van der Waals surface area contributed by atoms with E-state index in [4.69, 9.17) is 0 Å². The fourth-order valence-electron chi connectivity index (χ4n) is 3.17. The Bertz CT molecular complexity index is 546. The van der Waals surface area contributed by atoms with Crippen LogP contribution in [0.4, 0.5) is 0 Å². The summed E-state index contributed by atoms with van der Waals surface area (Å²) in [5, 5.41) is 0. The summed E-state index contributed by atoms with van der Waals surface area (Å²) in [6.07, 6.45) is 3.70. The van der Waals surface area contributed by atoms with Crippen LogP contribution in [-0.4, -0.2) is 64.3 Å². The van der Waals surface area contributed by atoms with Gasteiger partial charge >= 0.3 is 0 Å². The zero-order valence-electron chi connectivity index (χ0n) is 13.3. The molecule has 1 aromatic heterocycles. The first-order chi connectivity index (χ1) is 11.2. The van der Waals surface area contributed by atoms with Crippen LogP contribution in [0.25, 0.3) is 0 Å². The smallest absolute Gasteiger partial charge is 0.227 e. The van der Waals surface area contributed by atoms with Crippen LogP contribution in [0, 0.1) is 5.92 Å². The summed E-state index contributed by atoms with van der Waals surface area (Å²) < 4.78 is 0. The van der Waals surface area contributed by atoms with E-state index in [1.54, 1.807) is 6.20 Å². The lowest BCUT2D eigenvalue weighted by molar-refractivity contribution is -0.142. The second-order valence-electron chi connectivity index (χ2n) is 6.08. The van der Waals surface area contributed by atoms with E-state index in [9.17, 15) is 9.59 Å². The molecular formula is C17H23N3O2S. The van der Waals surface area contributed by atoms with E-state index in [-0.39, 0.29) is 17.7 Å². The van der Waals surface area contributed by atoms with E-state index in [2.05, 4.69) is 4.98 Å². The van der Waals surface area contributed by atoms with E-state index in [1.165, 1.54) is 0 Å². The Morgan fingerprint density at radius 3 is 2.87 bits per heavy atom. The number of carbonyl (C=O) groups excluding carboxylic acids is 2. The number of likely N-dealkylation sites (tertiary alicyclic amines) is 1. The monoisotopic (exact) mass is 333 g/mol. The third-order valence-electron chi connectivity index (χ3n) is 4.54. The number of thioether (sulfide) groups is 1. The Balaban J connectivity index is 1.55. The first kappa shape index (κ1) is 16.3. The zero-order chi connectivity index (χ0) is 16.1. The van der Waals surface area contributed by atoms with Crippen LogP contribution in [0.5, 0.6) is 0 Å². The van der Waals surface area contributed by atoms with Gasteiger partial charge in [-0.05, 0) is 18.6 Å². The summed E-state index contributed by atoms with van der Waals surface area (Å²) in [5.74, 6) is 2.43. The number of hydrogen-bond acceptors (Lipinski definition) is 4. The molecule has 0 aromatic carbocycles. The maximum Gasteiger partial charge on any atom is 0.227 e. The maximum atomic E-state index is 12.6. The number of amides is 2. The van der Waals surface area contributed by atoms with Crippen molar-refractivity contribution in [2.75, 3.05) is 37.7 Å². The topological polar surface area (TPSA) is 53.5 Å².